The van der Waals surface area contributed by atoms with Crippen molar-refractivity contribution in [2.24, 2.45) is 0 Å². The van der Waals surface area contributed by atoms with Crippen molar-refractivity contribution in [2.45, 2.75) is 19.3 Å². The standard InChI is InChI=1S/C38H26N4O/c1-38(2)27-17-7-10-21-31(27)43-36-33(38)24-14-4-3-13-23(24)32-26-16-6-9-20-30(26)42(35(32)36)37-40-28-18-8-5-15-25(28)34(41-37)29-19-11-12-22-39-29/h3-22H,1-2H3. The van der Waals surface area contributed by atoms with E-state index >= 15 is 0 Å². The number of hydrogen-bond donors (Lipinski definition) is 0. The van der Waals surface area contributed by atoms with Crippen LogP contribution in [0.2, 0.25) is 0 Å². The van der Waals surface area contributed by atoms with Crippen molar-refractivity contribution in [3.05, 3.63) is 133 Å². The van der Waals surface area contributed by atoms with Gasteiger partial charge in [-0.1, -0.05) is 98.8 Å². The van der Waals surface area contributed by atoms with Crippen molar-refractivity contribution in [1.29, 1.82) is 0 Å². The zero-order chi connectivity index (χ0) is 28.7. The van der Waals surface area contributed by atoms with Crippen LogP contribution in [0.4, 0.5) is 0 Å². The van der Waals surface area contributed by atoms with Gasteiger partial charge in [0.2, 0.25) is 5.95 Å². The van der Waals surface area contributed by atoms with Crippen LogP contribution in [0.15, 0.2) is 121 Å². The van der Waals surface area contributed by atoms with Crippen molar-refractivity contribution in [2.75, 3.05) is 0 Å². The molecule has 204 valence electrons. The molecule has 1 aliphatic rings. The summed E-state index contributed by atoms with van der Waals surface area (Å²) < 4.78 is 9.13. The molecule has 0 spiro atoms. The Labute approximate surface area is 248 Å². The van der Waals surface area contributed by atoms with Gasteiger partial charge in [0, 0.05) is 38.9 Å². The van der Waals surface area contributed by atoms with E-state index in [0.29, 0.717) is 5.95 Å². The molecule has 1 aliphatic heterocycles. The molecule has 9 rings (SSSR count). The predicted molar refractivity (Wildman–Crippen MR) is 173 cm³/mol. The predicted octanol–water partition coefficient (Wildman–Crippen LogP) is 9.37. The number of aromatic nitrogens is 4. The number of fused-ring (bicyclic) bond motifs is 10. The van der Waals surface area contributed by atoms with Crippen molar-refractivity contribution in [1.82, 2.24) is 19.5 Å². The molecule has 43 heavy (non-hydrogen) atoms. The first-order valence-corrected chi connectivity index (χ1v) is 14.6. The first kappa shape index (κ1) is 24.1. The van der Waals surface area contributed by atoms with Gasteiger partial charge in [0.15, 0.2) is 5.75 Å². The molecule has 5 heteroatoms. The summed E-state index contributed by atoms with van der Waals surface area (Å²) >= 11 is 0. The highest BCUT2D eigenvalue weighted by atomic mass is 16.5. The van der Waals surface area contributed by atoms with E-state index in [0.717, 1.165) is 55.6 Å². The van der Waals surface area contributed by atoms with Crippen LogP contribution in [-0.4, -0.2) is 19.5 Å². The van der Waals surface area contributed by atoms with E-state index in [1.54, 1.807) is 0 Å². The van der Waals surface area contributed by atoms with Crippen LogP contribution in [-0.2, 0) is 5.41 Å². The molecule has 4 heterocycles. The summed E-state index contributed by atoms with van der Waals surface area (Å²) in [4.78, 5) is 15.1. The van der Waals surface area contributed by atoms with Crippen LogP contribution in [0, 0.1) is 0 Å². The Morgan fingerprint density at radius 2 is 1.35 bits per heavy atom. The first-order chi connectivity index (χ1) is 21.1. The van der Waals surface area contributed by atoms with E-state index in [9.17, 15) is 0 Å². The zero-order valence-electron chi connectivity index (χ0n) is 23.7. The lowest BCUT2D eigenvalue weighted by Crippen LogP contribution is -2.25. The summed E-state index contributed by atoms with van der Waals surface area (Å²) in [6, 6.07) is 39.7. The molecular weight excluding hydrogens is 528 g/mol. The molecule has 8 aromatic rings. The molecule has 0 saturated heterocycles. The monoisotopic (exact) mass is 554 g/mol. The fourth-order valence-electron chi connectivity index (χ4n) is 6.99. The molecule has 0 unspecified atom stereocenters. The molecule has 0 aliphatic carbocycles. The molecule has 0 radical (unpaired) electrons. The van der Waals surface area contributed by atoms with Gasteiger partial charge < -0.3 is 4.74 Å². The van der Waals surface area contributed by atoms with Crippen LogP contribution in [0.25, 0.3) is 60.8 Å². The minimum Gasteiger partial charge on any atom is -0.454 e. The first-order valence-electron chi connectivity index (χ1n) is 14.6. The fourth-order valence-corrected chi connectivity index (χ4v) is 6.99. The average molecular weight is 555 g/mol. The summed E-state index contributed by atoms with van der Waals surface area (Å²) in [5, 5.41) is 5.61. The Hall–Kier alpha value is -5.55. The van der Waals surface area contributed by atoms with E-state index in [2.05, 4.69) is 96.2 Å². The van der Waals surface area contributed by atoms with E-state index in [1.165, 1.54) is 21.9 Å². The Morgan fingerprint density at radius 1 is 0.651 bits per heavy atom. The van der Waals surface area contributed by atoms with Gasteiger partial charge in [-0.25, -0.2) is 9.97 Å². The molecule has 0 saturated carbocycles. The Morgan fingerprint density at radius 3 is 2.19 bits per heavy atom. The third-order valence-corrected chi connectivity index (χ3v) is 8.88. The molecule has 3 aromatic heterocycles. The van der Waals surface area contributed by atoms with Gasteiger partial charge in [-0.2, -0.15) is 0 Å². The van der Waals surface area contributed by atoms with Gasteiger partial charge in [0.1, 0.15) is 17.0 Å². The lowest BCUT2D eigenvalue weighted by atomic mass is 9.73. The third kappa shape index (κ3) is 3.30. The Bertz CT molecular complexity index is 2410. The number of rotatable bonds is 2. The number of hydrogen-bond acceptors (Lipinski definition) is 4. The summed E-state index contributed by atoms with van der Waals surface area (Å²) in [5.41, 5.74) is 6.51. The quantitative estimate of drug-likeness (QED) is 0.214. The van der Waals surface area contributed by atoms with Gasteiger partial charge in [0.25, 0.3) is 0 Å². The molecule has 0 amide bonds. The number of pyridine rings is 1. The maximum absolute atomic E-state index is 6.94. The highest BCUT2D eigenvalue weighted by Gasteiger charge is 2.38. The number of ether oxygens (including phenoxy) is 1. The molecule has 0 atom stereocenters. The second-order valence-electron chi connectivity index (χ2n) is 11.7. The molecule has 0 bridgehead atoms. The second-order valence-corrected chi connectivity index (χ2v) is 11.7. The van der Waals surface area contributed by atoms with Crippen molar-refractivity contribution >= 4 is 43.5 Å². The Balaban J connectivity index is 1.50. The lowest BCUT2D eigenvalue weighted by Gasteiger charge is -2.36. The lowest BCUT2D eigenvalue weighted by molar-refractivity contribution is 0.424. The molecule has 5 aromatic carbocycles. The number of benzene rings is 5. The Kier molecular flexibility index (Phi) is 4.89. The van der Waals surface area contributed by atoms with Gasteiger partial charge in [0.05, 0.1) is 16.7 Å². The van der Waals surface area contributed by atoms with Gasteiger partial charge in [-0.3, -0.25) is 9.55 Å². The van der Waals surface area contributed by atoms with Crippen molar-refractivity contribution in [3.8, 4) is 28.8 Å². The van der Waals surface area contributed by atoms with Crippen LogP contribution >= 0.6 is 0 Å². The molecule has 5 nitrogen and oxygen atoms in total. The van der Waals surface area contributed by atoms with E-state index in [-0.39, 0.29) is 5.41 Å². The summed E-state index contributed by atoms with van der Waals surface area (Å²) in [6.07, 6.45) is 1.81. The molecular formula is C38H26N4O. The normalized spacial score (nSPS) is 13.7. The summed E-state index contributed by atoms with van der Waals surface area (Å²) in [5.74, 6) is 2.31. The van der Waals surface area contributed by atoms with Crippen molar-refractivity contribution < 1.29 is 4.74 Å². The highest BCUT2D eigenvalue weighted by Crippen LogP contribution is 2.55. The highest BCUT2D eigenvalue weighted by molar-refractivity contribution is 6.24. The smallest absolute Gasteiger partial charge is 0.235 e. The second kappa shape index (κ2) is 8.73. The minimum atomic E-state index is -0.303. The van der Waals surface area contributed by atoms with Crippen molar-refractivity contribution in [3.63, 3.8) is 0 Å². The summed E-state index contributed by atoms with van der Waals surface area (Å²) in [6.45, 7) is 4.59. The van der Waals surface area contributed by atoms with Crippen LogP contribution in [0.3, 0.4) is 0 Å². The van der Waals surface area contributed by atoms with Gasteiger partial charge >= 0.3 is 0 Å². The largest absolute Gasteiger partial charge is 0.454 e. The number of nitrogens with zero attached hydrogens (tertiary/aromatic N) is 4. The zero-order valence-corrected chi connectivity index (χ0v) is 23.7. The van der Waals surface area contributed by atoms with Crippen LogP contribution in [0.5, 0.6) is 11.5 Å². The van der Waals surface area contributed by atoms with Gasteiger partial charge in [-0.15, -0.1) is 0 Å². The summed E-state index contributed by atoms with van der Waals surface area (Å²) in [7, 11) is 0. The maximum atomic E-state index is 6.94. The van der Waals surface area contributed by atoms with Crippen LogP contribution < -0.4 is 4.74 Å². The molecule has 0 N–H and O–H groups in total. The minimum absolute atomic E-state index is 0.303. The SMILES string of the molecule is CC1(C)c2ccccc2Oc2c1c1ccccc1c1c3ccccc3n(-c3nc(-c4ccccn4)c4ccccc4n3)c21. The van der Waals surface area contributed by atoms with E-state index in [4.69, 9.17) is 14.7 Å². The molecule has 0 fully saturated rings. The van der Waals surface area contributed by atoms with E-state index in [1.807, 2.05) is 48.7 Å². The van der Waals surface area contributed by atoms with Crippen LogP contribution in [0.1, 0.15) is 25.0 Å². The van der Waals surface area contributed by atoms with Gasteiger partial charge in [-0.05, 0) is 41.1 Å². The maximum Gasteiger partial charge on any atom is 0.235 e. The average Bonchev–Trinajstić information content (AvgIpc) is 3.40. The number of para-hydroxylation sites is 3. The topological polar surface area (TPSA) is 52.8 Å². The third-order valence-electron chi connectivity index (χ3n) is 8.88. The van der Waals surface area contributed by atoms with E-state index < -0.39 is 0 Å². The fraction of sp³-hybridized carbons (Fsp3) is 0.0789.